The molecule has 0 atom stereocenters. The maximum absolute atomic E-state index is 11.3. The van der Waals surface area contributed by atoms with Gasteiger partial charge in [0.05, 0.1) is 0 Å². The normalized spacial score (nSPS) is 9.69. The Morgan fingerprint density at radius 3 is 3.00 bits per heavy atom. The van der Waals surface area contributed by atoms with E-state index in [4.69, 9.17) is 0 Å². The van der Waals surface area contributed by atoms with Gasteiger partial charge in [-0.15, -0.1) is 0 Å². The highest BCUT2D eigenvalue weighted by molar-refractivity contribution is 5.35. The molecule has 0 aliphatic heterocycles. The number of H-pyrrole nitrogens is 1. The van der Waals surface area contributed by atoms with Gasteiger partial charge in [-0.1, -0.05) is 12.2 Å². The highest BCUT2D eigenvalue weighted by atomic mass is 16.1. The predicted molar refractivity (Wildman–Crippen MR) is 52.9 cm³/mol. The van der Waals surface area contributed by atoms with Crippen LogP contribution in [0.3, 0.4) is 0 Å². The Morgan fingerprint density at radius 2 is 2.46 bits per heavy atom. The third-order valence-corrected chi connectivity index (χ3v) is 1.56. The summed E-state index contributed by atoms with van der Waals surface area (Å²) in [5, 5.41) is 0. The number of hydrogen-bond donors (Lipinski definition) is 1. The van der Waals surface area contributed by atoms with Gasteiger partial charge in [0.25, 0.3) is 5.56 Å². The van der Waals surface area contributed by atoms with Gasteiger partial charge < -0.3 is 9.88 Å². The first-order chi connectivity index (χ1) is 6.11. The van der Waals surface area contributed by atoms with E-state index in [1.165, 1.54) is 6.20 Å². The van der Waals surface area contributed by atoms with Crippen LogP contribution in [0.25, 0.3) is 0 Å². The number of rotatable bonds is 3. The molecule has 1 N–H and O–H groups in total. The lowest BCUT2D eigenvalue weighted by atomic mass is 10.3. The van der Waals surface area contributed by atoms with Crippen molar-refractivity contribution in [2.75, 3.05) is 18.5 Å². The maximum atomic E-state index is 11.3. The first-order valence-corrected chi connectivity index (χ1v) is 4.00. The first kappa shape index (κ1) is 9.51. The summed E-state index contributed by atoms with van der Waals surface area (Å²) in [5.41, 5.74) is 0.818. The van der Waals surface area contributed by atoms with E-state index in [0.717, 1.165) is 5.57 Å². The largest absolute Gasteiger partial charge is 0.351 e. The van der Waals surface area contributed by atoms with Gasteiger partial charge in [0.2, 0.25) is 0 Å². The second-order valence-electron chi connectivity index (χ2n) is 3.06. The zero-order valence-corrected chi connectivity index (χ0v) is 7.87. The Labute approximate surface area is 76.9 Å². The minimum Gasteiger partial charge on any atom is -0.351 e. The predicted octanol–water partition coefficient (Wildman–Crippen LogP) is 0.782. The molecule has 4 heteroatoms. The Kier molecular flexibility index (Phi) is 2.84. The molecule has 0 saturated heterocycles. The summed E-state index contributed by atoms with van der Waals surface area (Å²) in [5.74, 6) is 0.422. The van der Waals surface area contributed by atoms with E-state index in [9.17, 15) is 4.79 Å². The fourth-order valence-electron chi connectivity index (χ4n) is 1.10. The van der Waals surface area contributed by atoms with E-state index < -0.39 is 0 Å². The maximum Gasteiger partial charge on any atom is 0.290 e. The molecule has 0 aromatic carbocycles. The van der Waals surface area contributed by atoms with Gasteiger partial charge >= 0.3 is 0 Å². The van der Waals surface area contributed by atoms with E-state index >= 15 is 0 Å². The SMILES string of the molecule is C=C(C)CN(C)c1ncc[nH]c1=O. The Hall–Kier alpha value is -1.58. The number of nitrogens with one attached hydrogen (secondary N) is 1. The summed E-state index contributed by atoms with van der Waals surface area (Å²) in [6.45, 7) is 6.32. The van der Waals surface area contributed by atoms with Crippen LogP contribution in [0.2, 0.25) is 0 Å². The highest BCUT2D eigenvalue weighted by Crippen LogP contribution is 2.01. The lowest BCUT2D eigenvalue weighted by molar-refractivity contribution is 0.928. The molecule has 1 aromatic rings. The number of hydrogen-bond acceptors (Lipinski definition) is 3. The minimum atomic E-state index is -0.175. The van der Waals surface area contributed by atoms with Crippen molar-refractivity contribution in [1.29, 1.82) is 0 Å². The van der Waals surface area contributed by atoms with Crippen LogP contribution in [0.1, 0.15) is 6.92 Å². The summed E-state index contributed by atoms with van der Waals surface area (Å²) in [6, 6.07) is 0. The van der Waals surface area contributed by atoms with Crippen molar-refractivity contribution in [2.24, 2.45) is 0 Å². The van der Waals surface area contributed by atoms with Crippen molar-refractivity contribution in [3.63, 3.8) is 0 Å². The van der Waals surface area contributed by atoms with Gasteiger partial charge in [-0.3, -0.25) is 4.79 Å². The topological polar surface area (TPSA) is 49.0 Å². The van der Waals surface area contributed by atoms with Gasteiger partial charge in [0.15, 0.2) is 5.82 Å². The van der Waals surface area contributed by atoms with Crippen LogP contribution in [0, 0.1) is 0 Å². The van der Waals surface area contributed by atoms with Crippen LogP contribution in [0.15, 0.2) is 29.3 Å². The van der Waals surface area contributed by atoms with E-state index in [2.05, 4.69) is 16.5 Å². The zero-order chi connectivity index (χ0) is 9.84. The van der Waals surface area contributed by atoms with Gasteiger partial charge in [-0.25, -0.2) is 4.98 Å². The molecule has 0 aliphatic carbocycles. The lowest BCUT2D eigenvalue weighted by Gasteiger charge is -2.16. The Balaban J connectivity index is 2.89. The molecule has 0 amide bonds. The molecule has 0 unspecified atom stereocenters. The fraction of sp³-hybridized carbons (Fsp3) is 0.333. The second kappa shape index (κ2) is 3.89. The summed E-state index contributed by atoms with van der Waals surface area (Å²) in [6.07, 6.45) is 3.08. The monoisotopic (exact) mass is 179 g/mol. The van der Waals surface area contributed by atoms with Crippen LogP contribution in [-0.4, -0.2) is 23.6 Å². The smallest absolute Gasteiger partial charge is 0.290 e. The van der Waals surface area contributed by atoms with Crippen molar-refractivity contribution in [3.8, 4) is 0 Å². The standard InChI is InChI=1S/C9H13N3O/c1-7(2)6-12(3)8-9(13)11-5-4-10-8/h4-5H,1,6H2,2-3H3,(H,11,13). The van der Waals surface area contributed by atoms with Gasteiger partial charge in [-0.05, 0) is 6.92 Å². The first-order valence-electron chi connectivity index (χ1n) is 4.00. The summed E-state index contributed by atoms with van der Waals surface area (Å²) in [7, 11) is 1.81. The molecule has 4 nitrogen and oxygen atoms in total. The Bertz CT molecular complexity index is 356. The van der Waals surface area contributed by atoms with E-state index in [1.54, 1.807) is 11.1 Å². The third kappa shape index (κ3) is 2.43. The van der Waals surface area contributed by atoms with Crippen molar-refractivity contribution < 1.29 is 0 Å². The molecule has 0 bridgehead atoms. The van der Waals surface area contributed by atoms with Crippen molar-refractivity contribution in [3.05, 3.63) is 34.9 Å². The number of aromatic amines is 1. The number of aromatic nitrogens is 2. The van der Waals surface area contributed by atoms with Crippen LogP contribution in [-0.2, 0) is 0 Å². The van der Waals surface area contributed by atoms with Crippen molar-refractivity contribution >= 4 is 5.82 Å². The molecule has 0 fully saturated rings. The molecule has 70 valence electrons. The van der Waals surface area contributed by atoms with Crippen molar-refractivity contribution in [1.82, 2.24) is 9.97 Å². The van der Waals surface area contributed by atoms with Crippen LogP contribution in [0.4, 0.5) is 5.82 Å². The molecular formula is C9H13N3O. The second-order valence-corrected chi connectivity index (χ2v) is 3.06. The highest BCUT2D eigenvalue weighted by Gasteiger charge is 2.05. The molecule has 1 aromatic heterocycles. The van der Waals surface area contributed by atoms with Gasteiger partial charge in [0.1, 0.15) is 0 Å². The van der Waals surface area contributed by atoms with E-state index in [-0.39, 0.29) is 5.56 Å². The zero-order valence-electron chi connectivity index (χ0n) is 7.87. The molecule has 0 saturated carbocycles. The number of likely N-dealkylation sites (N-methyl/N-ethyl adjacent to an activating group) is 1. The fourth-order valence-corrected chi connectivity index (χ4v) is 1.10. The van der Waals surface area contributed by atoms with Gasteiger partial charge in [-0.2, -0.15) is 0 Å². The van der Waals surface area contributed by atoms with Crippen LogP contribution in [0.5, 0.6) is 0 Å². The molecular weight excluding hydrogens is 166 g/mol. The molecule has 0 radical (unpaired) electrons. The molecule has 1 heterocycles. The quantitative estimate of drug-likeness (QED) is 0.698. The van der Waals surface area contributed by atoms with Crippen molar-refractivity contribution in [2.45, 2.75) is 6.92 Å². The molecule has 0 aliphatic rings. The lowest BCUT2D eigenvalue weighted by Crippen LogP contribution is -2.27. The summed E-state index contributed by atoms with van der Waals surface area (Å²) < 4.78 is 0. The minimum absolute atomic E-state index is 0.175. The third-order valence-electron chi connectivity index (χ3n) is 1.56. The number of anilines is 1. The molecule has 0 spiro atoms. The summed E-state index contributed by atoms with van der Waals surface area (Å²) >= 11 is 0. The molecule has 13 heavy (non-hydrogen) atoms. The van der Waals surface area contributed by atoms with E-state index in [0.29, 0.717) is 12.4 Å². The average Bonchev–Trinajstić information content (AvgIpc) is 2.03. The van der Waals surface area contributed by atoms with E-state index in [1.807, 2.05) is 14.0 Å². The van der Waals surface area contributed by atoms with Gasteiger partial charge in [0, 0.05) is 26.0 Å². The number of nitrogens with zero attached hydrogens (tertiary/aromatic N) is 2. The summed E-state index contributed by atoms with van der Waals surface area (Å²) in [4.78, 5) is 19.6. The van der Waals surface area contributed by atoms with Crippen LogP contribution >= 0.6 is 0 Å². The molecule has 1 rings (SSSR count). The van der Waals surface area contributed by atoms with Crippen LogP contribution < -0.4 is 10.5 Å². The average molecular weight is 179 g/mol. The Morgan fingerprint density at radius 1 is 1.77 bits per heavy atom.